The molecular weight excluding hydrogens is 280 g/mol. The van der Waals surface area contributed by atoms with Crippen LogP contribution >= 0.6 is 15.9 Å². The fraction of sp³-hybridized carbons (Fsp3) is 0.462. The summed E-state index contributed by atoms with van der Waals surface area (Å²) in [6.45, 7) is 5.17. The minimum Gasteiger partial charge on any atom is -0.398 e. The van der Waals surface area contributed by atoms with Gasteiger partial charge in [-0.2, -0.15) is 0 Å². The van der Waals surface area contributed by atoms with Crippen LogP contribution in [0.4, 0.5) is 5.69 Å². The van der Waals surface area contributed by atoms with E-state index >= 15 is 0 Å². The number of nitrogens with two attached hydrogens (primary N) is 1. The van der Waals surface area contributed by atoms with Gasteiger partial charge in [0.25, 0.3) is 5.91 Å². The summed E-state index contributed by atoms with van der Waals surface area (Å²) in [5.41, 5.74) is 7.22. The molecule has 1 fully saturated rings. The predicted molar refractivity (Wildman–Crippen MR) is 72.8 cm³/mol. The first-order chi connectivity index (χ1) is 7.90. The highest BCUT2D eigenvalue weighted by Gasteiger charge is 2.45. The van der Waals surface area contributed by atoms with Crippen molar-refractivity contribution < 1.29 is 4.79 Å². The lowest BCUT2D eigenvalue weighted by molar-refractivity contribution is 0.0951. The van der Waals surface area contributed by atoms with Crippen LogP contribution in [0, 0.1) is 11.3 Å². The van der Waals surface area contributed by atoms with E-state index in [0.29, 0.717) is 22.6 Å². The zero-order valence-electron chi connectivity index (χ0n) is 10.1. The van der Waals surface area contributed by atoms with Crippen LogP contribution in [0.1, 0.15) is 30.6 Å². The third-order valence-electron chi connectivity index (χ3n) is 3.49. The number of carbonyl (C=O) groups is 1. The first kappa shape index (κ1) is 12.4. The number of rotatable bonds is 3. The van der Waals surface area contributed by atoms with Crippen LogP contribution in [0.2, 0.25) is 0 Å². The number of benzene rings is 1. The fourth-order valence-corrected chi connectivity index (χ4v) is 2.32. The SMILES string of the molecule is CC1(C)CC1CNC(=O)c1cc(Br)ccc1N. The highest BCUT2D eigenvalue weighted by Crippen LogP contribution is 2.50. The molecule has 1 saturated carbocycles. The lowest BCUT2D eigenvalue weighted by Crippen LogP contribution is -2.27. The van der Waals surface area contributed by atoms with Gasteiger partial charge in [-0.25, -0.2) is 0 Å². The van der Waals surface area contributed by atoms with Crippen LogP contribution in [-0.2, 0) is 0 Å². The number of nitrogens with one attached hydrogen (secondary N) is 1. The van der Waals surface area contributed by atoms with Crippen LogP contribution < -0.4 is 11.1 Å². The average molecular weight is 297 g/mol. The van der Waals surface area contributed by atoms with E-state index < -0.39 is 0 Å². The number of anilines is 1. The van der Waals surface area contributed by atoms with Crippen molar-refractivity contribution in [2.75, 3.05) is 12.3 Å². The van der Waals surface area contributed by atoms with E-state index in [1.807, 2.05) is 6.07 Å². The van der Waals surface area contributed by atoms with Crippen LogP contribution in [0.25, 0.3) is 0 Å². The Balaban J connectivity index is 1.98. The summed E-state index contributed by atoms with van der Waals surface area (Å²) in [4.78, 5) is 11.9. The molecule has 92 valence electrons. The van der Waals surface area contributed by atoms with Gasteiger partial charge < -0.3 is 11.1 Å². The lowest BCUT2D eigenvalue weighted by Gasteiger charge is -2.08. The predicted octanol–water partition coefficient (Wildman–Crippen LogP) is 2.81. The molecule has 1 unspecified atom stereocenters. The molecule has 1 aliphatic carbocycles. The van der Waals surface area contributed by atoms with Crippen LogP contribution in [0.15, 0.2) is 22.7 Å². The summed E-state index contributed by atoms with van der Waals surface area (Å²) >= 11 is 3.34. The Kier molecular flexibility index (Phi) is 3.17. The Morgan fingerprint density at radius 3 is 2.82 bits per heavy atom. The van der Waals surface area contributed by atoms with Gasteiger partial charge >= 0.3 is 0 Å². The van der Waals surface area contributed by atoms with Gasteiger partial charge in [-0.15, -0.1) is 0 Å². The third-order valence-corrected chi connectivity index (χ3v) is 3.98. The summed E-state index contributed by atoms with van der Waals surface area (Å²) in [5.74, 6) is 0.506. The van der Waals surface area contributed by atoms with Gasteiger partial charge in [0.1, 0.15) is 0 Å². The molecule has 0 bridgehead atoms. The highest BCUT2D eigenvalue weighted by molar-refractivity contribution is 9.10. The molecule has 4 heteroatoms. The molecule has 1 atom stereocenters. The number of nitrogen functional groups attached to an aromatic ring is 1. The molecule has 17 heavy (non-hydrogen) atoms. The van der Waals surface area contributed by atoms with E-state index in [4.69, 9.17) is 5.73 Å². The molecule has 3 nitrogen and oxygen atoms in total. The molecule has 3 N–H and O–H groups in total. The lowest BCUT2D eigenvalue weighted by atomic mass is 10.1. The van der Waals surface area contributed by atoms with Crippen LogP contribution in [0.3, 0.4) is 0 Å². The van der Waals surface area contributed by atoms with Gasteiger partial charge in [0.05, 0.1) is 5.56 Å². The number of carbonyl (C=O) groups excluding carboxylic acids is 1. The molecule has 1 aliphatic rings. The summed E-state index contributed by atoms with van der Waals surface area (Å²) in [6.07, 6.45) is 1.18. The average Bonchev–Trinajstić information content (AvgIpc) is 2.87. The van der Waals surface area contributed by atoms with Crippen molar-refractivity contribution in [3.8, 4) is 0 Å². The Labute approximate surface area is 110 Å². The largest absolute Gasteiger partial charge is 0.398 e. The molecule has 0 heterocycles. The van der Waals surface area contributed by atoms with E-state index in [1.165, 1.54) is 6.42 Å². The van der Waals surface area contributed by atoms with Gasteiger partial charge in [0.2, 0.25) is 0 Å². The summed E-state index contributed by atoms with van der Waals surface area (Å²) in [6, 6.07) is 5.32. The minimum atomic E-state index is -0.0912. The number of hydrogen-bond acceptors (Lipinski definition) is 2. The van der Waals surface area contributed by atoms with E-state index in [1.54, 1.807) is 12.1 Å². The molecule has 2 rings (SSSR count). The van der Waals surface area contributed by atoms with Crippen molar-refractivity contribution in [2.45, 2.75) is 20.3 Å². The van der Waals surface area contributed by atoms with E-state index in [9.17, 15) is 4.79 Å². The second kappa shape index (κ2) is 4.33. The van der Waals surface area contributed by atoms with Gasteiger partial charge in [-0.3, -0.25) is 4.79 Å². The molecule has 0 aliphatic heterocycles. The monoisotopic (exact) mass is 296 g/mol. The van der Waals surface area contributed by atoms with Crippen molar-refractivity contribution in [3.63, 3.8) is 0 Å². The fourth-order valence-electron chi connectivity index (χ4n) is 1.96. The van der Waals surface area contributed by atoms with Crippen molar-refractivity contribution in [2.24, 2.45) is 11.3 Å². The molecular formula is C13H17BrN2O. The standard InChI is InChI=1S/C13H17BrN2O/c1-13(2)6-8(13)7-16-12(17)10-5-9(14)3-4-11(10)15/h3-5,8H,6-7,15H2,1-2H3,(H,16,17). The van der Waals surface area contributed by atoms with Crippen LogP contribution in [-0.4, -0.2) is 12.5 Å². The Hall–Kier alpha value is -1.03. The van der Waals surface area contributed by atoms with E-state index in [0.717, 1.165) is 11.0 Å². The van der Waals surface area contributed by atoms with E-state index in [-0.39, 0.29) is 5.91 Å². The molecule has 0 aromatic heterocycles. The summed E-state index contributed by atoms with van der Waals surface area (Å²) < 4.78 is 0.864. The smallest absolute Gasteiger partial charge is 0.253 e. The topological polar surface area (TPSA) is 55.1 Å². The molecule has 0 saturated heterocycles. The normalized spacial score (nSPS) is 21.0. The maximum Gasteiger partial charge on any atom is 0.253 e. The van der Waals surface area contributed by atoms with Gasteiger partial charge in [-0.05, 0) is 36.0 Å². The van der Waals surface area contributed by atoms with Crippen molar-refractivity contribution in [3.05, 3.63) is 28.2 Å². The van der Waals surface area contributed by atoms with Crippen molar-refractivity contribution in [1.29, 1.82) is 0 Å². The summed E-state index contributed by atoms with van der Waals surface area (Å²) in [5, 5.41) is 2.94. The Morgan fingerprint density at radius 2 is 2.24 bits per heavy atom. The first-order valence-electron chi connectivity index (χ1n) is 5.73. The maximum absolute atomic E-state index is 11.9. The van der Waals surface area contributed by atoms with Crippen molar-refractivity contribution in [1.82, 2.24) is 5.32 Å². The molecule has 1 aromatic rings. The third kappa shape index (κ3) is 2.80. The Morgan fingerprint density at radius 1 is 1.59 bits per heavy atom. The van der Waals surface area contributed by atoms with Gasteiger partial charge in [-0.1, -0.05) is 29.8 Å². The van der Waals surface area contributed by atoms with Crippen molar-refractivity contribution >= 4 is 27.5 Å². The number of amides is 1. The Bertz CT molecular complexity index is 457. The molecule has 1 aromatic carbocycles. The zero-order valence-corrected chi connectivity index (χ0v) is 11.7. The molecule has 1 amide bonds. The molecule has 0 spiro atoms. The van der Waals surface area contributed by atoms with Gasteiger partial charge in [0.15, 0.2) is 0 Å². The molecule has 0 radical (unpaired) electrons. The quantitative estimate of drug-likeness (QED) is 0.843. The van der Waals surface area contributed by atoms with Crippen LogP contribution in [0.5, 0.6) is 0 Å². The van der Waals surface area contributed by atoms with Gasteiger partial charge in [0, 0.05) is 16.7 Å². The second-order valence-electron chi connectivity index (χ2n) is 5.33. The highest BCUT2D eigenvalue weighted by atomic mass is 79.9. The zero-order chi connectivity index (χ0) is 12.6. The maximum atomic E-state index is 11.9. The minimum absolute atomic E-state index is 0.0912. The first-order valence-corrected chi connectivity index (χ1v) is 6.53. The second-order valence-corrected chi connectivity index (χ2v) is 6.25. The van der Waals surface area contributed by atoms with E-state index in [2.05, 4.69) is 35.1 Å². The number of hydrogen-bond donors (Lipinski definition) is 2. The summed E-state index contributed by atoms with van der Waals surface area (Å²) in [7, 11) is 0. The number of halogens is 1.